The lowest BCUT2D eigenvalue weighted by molar-refractivity contribution is 0.487. The highest BCUT2D eigenvalue weighted by Gasteiger charge is 2.48. The average molecular weight is 757 g/mol. The maximum Gasteiger partial charge on any atom is 0.188 e. The first-order valence-corrected chi connectivity index (χ1v) is 21.9. The fraction of sp³-hybridized carbons (Fsp3) is 0. The maximum absolute atomic E-state index is 6.70. The smallest absolute Gasteiger partial charge is 0.188 e. The zero-order valence-electron chi connectivity index (χ0n) is 31.6. The van der Waals surface area contributed by atoms with Gasteiger partial charge in [-0.15, -0.1) is 0 Å². The van der Waals surface area contributed by atoms with Crippen LogP contribution in [-0.2, 0) is 0 Å². The molecule has 11 aromatic rings. The first-order chi connectivity index (χ1) is 28.8. The van der Waals surface area contributed by atoms with Crippen molar-refractivity contribution in [3.63, 3.8) is 0 Å². The molecule has 4 heteroatoms. The predicted molar refractivity (Wildman–Crippen MR) is 244 cm³/mol. The normalized spacial score (nSPS) is 13.1. The first-order valence-electron chi connectivity index (χ1n) is 19.9. The fourth-order valence-corrected chi connectivity index (χ4v) is 14.9. The molecular formula is C54H36N2OSi. The van der Waals surface area contributed by atoms with Gasteiger partial charge in [-0.2, -0.15) is 0 Å². The predicted octanol–water partition coefficient (Wildman–Crippen LogP) is 11.0. The highest BCUT2D eigenvalue weighted by molar-refractivity contribution is 7.20. The van der Waals surface area contributed by atoms with Crippen molar-refractivity contribution in [2.75, 3.05) is 0 Å². The van der Waals surface area contributed by atoms with Gasteiger partial charge in [-0.1, -0.05) is 170 Å². The molecule has 0 amide bonds. The SMILES string of the molecule is c1ccc(-c2ccccc2-n2c3ccccc3c3c(-n4c5ccccc5c5ccc([Si]6(c7ccccc7)c7ccccc7Oc7ccccc76)cc54)cccc32)cc1. The Morgan fingerprint density at radius 3 is 1.64 bits per heavy atom. The van der Waals surface area contributed by atoms with Crippen molar-refractivity contribution in [3.05, 3.63) is 218 Å². The molecule has 0 unspecified atom stereocenters. The summed E-state index contributed by atoms with van der Waals surface area (Å²) in [5.74, 6) is 1.87. The zero-order chi connectivity index (χ0) is 38.2. The number of benzene rings is 9. The van der Waals surface area contributed by atoms with E-state index in [1.165, 1.54) is 75.5 Å². The summed E-state index contributed by atoms with van der Waals surface area (Å²) in [5, 5.41) is 10.1. The summed E-state index contributed by atoms with van der Waals surface area (Å²) in [5.41, 5.74) is 9.45. The van der Waals surface area contributed by atoms with Crippen molar-refractivity contribution in [2.24, 2.45) is 0 Å². The summed E-state index contributed by atoms with van der Waals surface area (Å²) in [6.45, 7) is 0. The van der Waals surface area contributed by atoms with Gasteiger partial charge in [-0.3, -0.25) is 0 Å². The van der Waals surface area contributed by atoms with E-state index in [0.717, 1.165) is 22.9 Å². The lowest BCUT2D eigenvalue weighted by Gasteiger charge is -2.39. The van der Waals surface area contributed by atoms with Crippen molar-refractivity contribution in [3.8, 4) is 34.0 Å². The molecule has 9 aromatic carbocycles. The van der Waals surface area contributed by atoms with E-state index in [2.05, 4.69) is 228 Å². The van der Waals surface area contributed by atoms with Crippen molar-refractivity contribution in [1.82, 2.24) is 9.13 Å². The Kier molecular flexibility index (Phi) is 7.25. The standard InChI is InChI=1S/C54H36N2OSi/c1-3-18-37(19-4-1)40-22-7-10-25-44(40)55-46-27-12-9-24-43(46)54-47(55)28-17-29-48(54)56-45-26-11-8-23-41(45)42-35-34-39(36-49(42)56)58(38-20-5-2-6-21-38)52-32-15-13-30-50(52)57-51-31-14-16-33-53(51)58/h1-36H. The van der Waals surface area contributed by atoms with Gasteiger partial charge in [-0.25, -0.2) is 0 Å². The quantitative estimate of drug-likeness (QED) is 0.160. The van der Waals surface area contributed by atoms with E-state index in [9.17, 15) is 0 Å². The van der Waals surface area contributed by atoms with Crippen molar-refractivity contribution < 1.29 is 4.74 Å². The number of hydrogen-bond donors (Lipinski definition) is 0. The number of nitrogens with zero attached hydrogens (tertiary/aromatic N) is 2. The minimum atomic E-state index is -2.88. The molecule has 272 valence electrons. The van der Waals surface area contributed by atoms with Gasteiger partial charge in [0.25, 0.3) is 0 Å². The van der Waals surface area contributed by atoms with Crippen LogP contribution in [0.4, 0.5) is 0 Å². The Hall–Kier alpha value is -7.40. The van der Waals surface area contributed by atoms with Crippen LogP contribution in [0.5, 0.6) is 11.5 Å². The molecule has 3 heterocycles. The topological polar surface area (TPSA) is 19.1 Å². The third kappa shape index (κ3) is 4.61. The number of rotatable bonds is 5. The van der Waals surface area contributed by atoms with Gasteiger partial charge < -0.3 is 13.9 Å². The first kappa shape index (κ1) is 32.8. The molecule has 0 atom stereocenters. The van der Waals surface area contributed by atoms with Crippen LogP contribution < -0.4 is 25.5 Å². The largest absolute Gasteiger partial charge is 0.458 e. The van der Waals surface area contributed by atoms with Crippen LogP contribution in [-0.4, -0.2) is 17.2 Å². The number of ether oxygens (including phenoxy) is 1. The molecule has 0 saturated carbocycles. The third-order valence-electron chi connectivity index (χ3n) is 12.3. The Morgan fingerprint density at radius 1 is 0.345 bits per heavy atom. The number of para-hydroxylation sites is 5. The molecule has 3 nitrogen and oxygen atoms in total. The van der Waals surface area contributed by atoms with E-state index in [-0.39, 0.29) is 0 Å². The van der Waals surface area contributed by atoms with E-state index in [1.807, 2.05) is 0 Å². The van der Waals surface area contributed by atoms with E-state index < -0.39 is 8.07 Å². The van der Waals surface area contributed by atoms with Gasteiger partial charge >= 0.3 is 0 Å². The summed E-state index contributed by atoms with van der Waals surface area (Å²) in [6.07, 6.45) is 0. The van der Waals surface area contributed by atoms with Crippen LogP contribution in [0.2, 0.25) is 0 Å². The van der Waals surface area contributed by atoms with Crippen LogP contribution in [0.3, 0.4) is 0 Å². The highest BCUT2D eigenvalue weighted by Crippen LogP contribution is 2.41. The molecule has 12 rings (SSSR count). The van der Waals surface area contributed by atoms with Crippen LogP contribution in [0.15, 0.2) is 218 Å². The van der Waals surface area contributed by atoms with E-state index in [4.69, 9.17) is 4.74 Å². The Balaban J connectivity index is 1.19. The van der Waals surface area contributed by atoms with E-state index in [1.54, 1.807) is 0 Å². The molecular weight excluding hydrogens is 721 g/mol. The summed E-state index contributed by atoms with van der Waals surface area (Å²) >= 11 is 0. The number of fused-ring (bicyclic) bond motifs is 8. The van der Waals surface area contributed by atoms with Crippen LogP contribution in [0.25, 0.3) is 66.1 Å². The second-order valence-electron chi connectivity index (χ2n) is 15.2. The Bertz CT molecular complexity index is 3330. The van der Waals surface area contributed by atoms with Gasteiger partial charge in [0.15, 0.2) is 8.07 Å². The summed E-state index contributed by atoms with van der Waals surface area (Å²) in [7, 11) is -2.88. The molecule has 58 heavy (non-hydrogen) atoms. The fourth-order valence-electron chi connectivity index (χ4n) is 9.91. The minimum Gasteiger partial charge on any atom is -0.458 e. The molecule has 0 saturated heterocycles. The van der Waals surface area contributed by atoms with Crippen LogP contribution >= 0.6 is 0 Å². The molecule has 0 spiro atoms. The summed E-state index contributed by atoms with van der Waals surface area (Å²) in [4.78, 5) is 0. The monoisotopic (exact) mass is 756 g/mol. The van der Waals surface area contributed by atoms with Gasteiger partial charge in [0.05, 0.1) is 33.4 Å². The second kappa shape index (κ2) is 12.8. The lowest BCUT2D eigenvalue weighted by atomic mass is 10.0. The minimum absolute atomic E-state index is 0.936. The Morgan fingerprint density at radius 2 is 0.879 bits per heavy atom. The van der Waals surface area contributed by atoms with Crippen molar-refractivity contribution in [1.29, 1.82) is 0 Å². The van der Waals surface area contributed by atoms with Gasteiger partial charge in [-0.05, 0) is 74.8 Å². The Labute approximate surface area is 337 Å². The summed E-state index contributed by atoms with van der Waals surface area (Å²) < 4.78 is 11.7. The summed E-state index contributed by atoms with van der Waals surface area (Å²) in [6, 6.07) is 79.9. The van der Waals surface area contributed by atoms with Crippen molar-refractivity contribution >= 4 is 72.4 Å². The van der Waals surface area contributed by atoms with Gasteiger partial charge in [0.1, 0.15) is 11.5 Å². The molecule has 0 N–H and O–H groups in total. The molecule has 2 aromatic heterocycles. The molecule has 0 radical (unpaired) electrons. The van der Waals surface area contributed by atoms with Gasteiger partial charge in [0, 0.05) is 27.1 Å². The second-order valence-corrected chi connectivity index (χ2v) is 18.9. The third-order valence-corrected chi connectivity index (χ3v) is 17.1. The maximum atomic E-state index is 6.70. The van der Waals surface area contributed by atoms with Crippen LogP contribution in [0, 0.1) is 0 Å². The molecule has 1 aliphatic heterocycles. The van der Waals surface area contributed by atoms with Crippen LogP contribution in [0.1, 0.15) is 0 Å². The number of aromatic nitrogens is 2. The molecule has 0 fully saturated rings. The average Bonchev–Trinajstić information content (AvgIpc) is 3.81. The lowest BCUT2D eigenvalue weighted by Crippen LogP contribution is -2.76. The molecule has 0 aliphatic carbocycles. The zero-order valence-corrected chi connectivity index (χ0v) is 32.6. The highest BCUT2D eigenvalue weighted by atomic mass is 28.3. The molecule has 0 bridgehead atoms. The van der Waals surface area contributed by atoms with E-state index >= 15 is 0 Å². The van der Waals surface area contributed by atoms with Crippen molar-refractivity contribution in [2.45, 2.75) is 0 Å². The molecule has 1 aliphatic rings. The van der Waals surface area contributed by atoms with Gasteiger partial charge in [0.2, 0.25) is 0 Å². The number of hydrogen-bond acceptors (Lipinski definition) is 1. The van der Waals surface area contributed by atoms with E-state index in [0.29, 0.717) is 0 Å².